The molecule has 0 fully saturated rings. The smallest absolute Gasteiger partial charge is 0.152 e. The highest BCUT2D eigenvalue weighted by Crippen LogP contribution is 1.99. The first-order valence-corrected chi connectivity index (χ1v) is 3.26. The van der Waals surface area contributed by atoms with Gasteiger partial charge in [-0.25, -0.2) is 9.97 Å². The monoisotopic (exact) mass is 140 g/mol. The highest BCUT2D eigenvalue weighted by atomic mass is 16.3. The van der Waals surface area contributed by atoms with Gasteiger partial charge in [-0.3, -0.25) is 0 Å². The van der Waals surface area contributed by atoms with Gasteiger partial charge >= 0.3 is 0 Å². The van der Waals surface area contributed by atoms with E-state index in [1.807, 2.05) is 13.8 Å². The largest absolute Gasteiger partial charge is 0.505 e. The molecule has 0 aliphatic rings. The Hall–Kier alpha value is -1.12. The molecule has 0 amide bonds. The summed E-state index contributed by atoms with van der Waals surface area (Å²) in [4.78, 5) is 7.44. The zero-order chi connectivity index (χ0) is 7.98. The van der Waals surface area contributed by atoms with Crippen LogP contribution in [0.5, 0.6) is 5.75 Å². The van der Waals surface area contributed by atoms with Crippen molar-refractivity contribution in [1.29, 1.82) is 0 Å². The van der Waals surface area contributed by atoms with Gasteiger partial charge in [0.15, 0.2) is 5.75 Å². The highest BCUT2D eigenvalue weighted by Gasteiger charge is 1.84. The van der Waals surface area contributed by atoms with Crippen LogP contribution in [0.15, 0.2) is 12.4 Å². The Morgan fingerprint density at radius 1 is 1.20 bits per heavy atom. The van der Waals surface area contributed by atoms with E-state index in [4.69, 9.17) is 5.11 Å². The van der Waals surface area contributed by atoms with E-state index in [1.54, 1.807) is 6.92 Å². The van der Waals surface area contributed by atoms with Crippen LogP contribution >= 0.6 is 0 Å². The van der Waals surface area contributed by atoms with E-state index in [1.165, 1.54) is 12.4 Å². The minimum absolute atomic E-state index is 0.107. The molecule has 0 spiro atoms. The molecule has 1 N–H and O–H groups in total. The Balaban J connectivity index is 0.000000371. The van der Waals surface area contributed by atoms with Gasteiger partial charge in [-0.05, 0) is 6.92 Å². The number of hydrogen-bond donors (Lipinski definition) is 1. The second-order valence-electron chi connectivity index (χ2n) is 1.49. The number of hydrogen-bond acceptors (Lipinski definition) is 3. The minimum atomic E-state index is 0.107. The molecule has 0 aliphatic heterocycles. The molecule has 56 valence electrons. The van der Waals surface area contributed by atoms with Gasteiger partial charge in [0.1, 0.15) is 5.82 Å². The summed E-state index contributed by atoms with van der Waals surface area (Å²) in [5, 5.41) is 8.63. The lowest BCUT2D eigenvalue weighted by atomic mass is 10.6. The van der Waals surface area contributed by atoms with Crippen LogP contribution in [0.4, 0.5) is 0 Å². The first-order chi connectivity index (χ1) is 4.79. The second-order valence-corrected chi connectivity index (χ2v) is 1.49. The van der Waals surface area contributed by atoms with Crippen molar-refractivity contribution >= 4 is 0 Å². The van der Waals surface area contributed by atoms with Crippen molar-refractivity contribution < 1.29 is 5.11 Å². The SMILES string of the molecule is CC.Cc1ncc(O)cn1. The lowest BCUT2D eigenvalue weighted by Crippen LogP contribution is -1.82. The fraction of sp³-hybridized carbons (Fsp3) is 0.429. The third-order valence-electron chi connectivity index (χ3n) is 0.767. The maximum Gasteiger partial charge on any atom is 0.152 e. The normalized spacial score (nSPS) is 7.90. The van der Waals surface area contributed by atoms with Crippen molar-refractivity contribution in [2.45, 2.75) is 20.8 Å². The van der Waals surface area contributed by atoms with Crippen LogP contribution < -0.4 is 0 Å². The first kappa shape index (κ1) is 8.88. The highest BCUT2D eigenvalue weighted by molar-refractivity contribution is 5.08. The van der Waals surface area contributed by atoms with Crippen molar-refractivity contribution in [3.8, 4) is 5.75 Å². The number of rotatable bonds is 0. The summed E-state index contributed by atoms with van der Waals surface area (Å²) in [5.74, 6) is 0.776. The number of aromatic hydroxyl groups is 1. The molecule has 1 aromatic heterocycles. The van der Waals surface area contributed by atoms with E-state index in [0.717, 1.165) is 0 Å². The average molecular weight is 140 g/mol. The van der Waals surface area contributed by atoms with Crippen LogP contribution in [0, 0.1) is 6.92 Å². The summed E-state index contributed by atoms with van der Waals surface area (Å²) >= 11 is 0. The summed E-state index contributed by atoms with van der Waals surface area (Å²) in [5.41, 5.74) is 0. The van der Waals surface area contributed by atoms with E-state index in [9.17, 15) is 0 Å². The van der Waals surface area contributed by atoms with Gasteiger partial charge in [0, 0.05) is 0 Å². The van der Waals surface area contributed by atoms with Gasteiger partial charge < -0.3 is 5.11 Å². The van der Waals surface area contributed by atoms with Crippen molar-refractivity contribution in [3.63, 3.8) is 0 Å². The predicted octanol–water partition coefficient (Wildman–Crippen LogP) is 1.52. The Labute approximate surface area is 60.8 Å². The van der Waals surface area contributed by atoms with E-state index in [0.29, 0.717) is 5.82 Å². The molecule has 0 radical (unpaired) electrons. The first-order valence-electron chi connectivity index (χ1n) is 3.26. The summed E-state index contributed by atoms with van der Waals surface area (Å²) in [6, 6.07) is 0. The molecule has 10 heavy (non-hydrogen) atoms. The van der Waals surface area contributed by atoms with Gasteiger partial charge in [0.2, 0.25) is 0 Å². The molecular weight excluding hydrogens is 128 g/mol. The lowest BCUT2D eigenvalue weighted by molar-refractivity contribution is 0.469. The molecule has 0 aromatic carbocycles. The molecule has 0 bridgehead atoms. The van der Waals surface area contributed by atoms with Crippen molar-refractivity contribution in [1.82, 2.24) is 9.97 Å². The van der Waals surface area contributed by atoms with Gasteiger partial charge in [-0.1, -0.05) is 13.8 Å². The zero-order valence-corrected chi connectivity index (χ0v) is 6.50. The number of aryl methyl sites for hydroxylation is 1. The Bertz CT molecular complexity index is 150. The number of aromatic nitrogens is 2. The quantitative estimate of drug-likeness (QED) is 0.594. The topological polar surface area (TPSA) is 46.0 Å². The Morgan fingerprint density at radius 3 is 1.90 bits per heavy atom. The predicted molar refractivity (Wildman–Crippen MR) is 39.8 cm³/mol. The Kier molecular flexibility index (Phi) is 4.20. The second kappa shape index (κ2) is 4.73. The van der Waals surface area contributed by atoms with Crippen LogP contribution in [0.1, 0.15) is 19.7 Å². The van der Waals surface area contributed by atoms with E-state index >= 15 is 0 Å². The van der Waals surface area contributed by atoms with E-state index in [-0.39, 0.29) is 5.75 Å². The molecule has 1 aromatic rings. The molecule has 0 aliphatic carbocycles. The van der Waals surface area contributed by atoms with Gasteiger partial charge in [-0.15, -0.1) is 0 Å². The number of nitrogens with zero attached hydrogens (tertiary/aromatic N) is 2. The van der Waals surface area contributed by atoms with Gasteiger partial charge in [-0.2, -0.15) is 0 Å². The van der Waals surface area contributed by atoms with Crippen molar-refractivity contribution in [2.24, 2.45) is 0 Å². The summed E-state index contributed by atoms with van der Waals surface area (Å²) in [7, 11) is 0. The maximum atomic E-state index is 8.63. The molecule has 1 rings (SSSR count). The van der Waals surface area contributed by atoms with Crippen LogP contribution in [0.3, 0.4) is 0 Å². The third kappa shape index (κ3) is 3.02. The molecule has 0 saturated heterocycles. The van der Waals surface area contributed by atoms with E-state index < -0.39 is 0 Å². The lowest BCUT2D eigenvalue weighted by Gasteiger charge is -1.87. The van der Waals surface area contributed by atoms with Crippen LogP contribution in [0.2, 0.25) is 0 Å². The van der Waals surface area contributed by atoms with Gasteiger partial charge in [0.25, 0.3) is 0 Å². The van der Waals surface area contributed by atoms with Gasteiger partial charge in [0.05, 0.1) is 12.4 Å². The molecule has 0 atom stereocenters. The van der Waals surface area contributed by atoms with Crippen molar-refractivity contribution in [2.75, 3.05) is 0 Å². The van der Waals surface area contributed by atoms with Crippen LogP contribution in [0.25, 0.3) is 0 Å². The molecule has 1 heterocycles. The molecule has 0 saturated carbocycles. The zero-order valence-electron chi connectivity index (χ0n) is 6.50. The maximum absolute atomic E-state index is 8.63. The molecule has 0 unspecified atom stereocenters. The van der Waals surface area contributed by atoms with E-state index in [2.05, 4.69) is 9.97 Å². The van der Waals surface area contributed by atoms with Crippen LogP contribution in [-0.2, 0) is 0 Å². The van der Waals surface area contributed by atoms with Crippen molar-refractivity contribution in [3.05, 3.63) is 18.2 Å². The molecule has 3 heteroatoms. The summed E-state index contributed by atoms with van der Waals surface area (Å²) in [6.07, 6.45) is 2.73. The fourth-order valence-electron chi connectivity index (χ4n) is 0.386. The third-order valence-corrected chi connectivity index (χ3v) is 0.767. The molecule has 3 nitrogen and oxygen atoms in total. The minimum Gasteiger partial charge on any atom is -0.505 e. The average Bonchev–Trinajstić information content (AvgIpc) is 2.00. The summed E-state index contributed by atoms with van der Waals surface area (Å²) < 4.78 is 0. The molecular formula is C7H12N2O. The summed E-state index contributed by atoms with van der Waals surface area (Å²) in [6.45, 7) is 5.76. The van der Waals surface area contributed by atoms with Crippen LogP contribution in [-0.4, -0.2) is 15.1 Å². The Morgan fingerprint density at radius 2 is 1.60 bits per heavy atom. The fourth-order valence-corrected chi connectivity index (χ4v) is 0.386. The standard InChI is InChI=1S/C5H6N2O.C2H6/c1-4-6-2-5(8)3-7-4;1-2/h2-3,8H,1H3;1-2H3.